The van der Waals surface area contributed by atoms with Crippen LogP contribution in [0.3, 0.4) is 0 Å². The molecule has 0 amide bonds. The van der Waals surface area contributed by atoms with Crippen molar-refractivity contribution in [2.75, 3.05) is 0 Å². The monoisotopic (exact) mass is 112 g/mol. The van der Waals surface area contributed by atoms with Crippen molar-refractivity contribution in [3.05, 3.63) is 23.6 Å². The third kappa shape index (κ3) is 1.19. The second-order valence-electron chi connectivity index (χ2n) is 2.08. The minimum Gasteiger partial charge on any atom is -0.212 e. The summed E-state index contributed by atoms with van der Waals surface area (Å²) in [7, 11) is 0. The Bertz CT molecular complexity index is 142. The summed E-state index contributed by atoms with van der Waals surface area (Å²) in [6.45, 7) is 1.92. The molecule has 0 N–H and O–H groups in total. The maximum absolute atomic E-state index is 12.3. The van der Waals surface area contributed by atoms with Gasteiger partial charge in [0.2, 0.25) is 0 Å². The highest BCUT2D eigenvalue weighted by Crippen LogP contribution is 2.16. The standard InChI is InChI=1S/C7H9F/c1-6-3-2-4-7(8)5-6/h3,5H,2,4H2,1H3. The first kappa shape index (κ1) is 5.54. The van der Waals surface area contributed by atoms with Gasteiger partial charge in [-0.15, -0.1) is 0 Å². The number of hydrogen-bond donors (Lipinski definition) is 0. The molecule has 0 saturated carbocycles. The van der Waals surface area contributed by atoms with Gasteiger partial charge in [-0.3, -0.25) is 0 Å². The Morgan fingerprint density at radius 1 is 1.62 bits per heavy atom. The van der Waals surface area contributed by atoms with Crippen molar-refractivity contribution in [1.82, 2.24) is 0 Å². The number of halogens is 1. The van der Waals surface area contributed by atoms with E-state index in [1.54, 1.807) is 6.08 Å². The van der Waals surface area contributed by atoms with Gasteiger partial charge in [0, 0.05) is 6.42 Å². The van der Waals surface area contributed by atoms with Crippen LogP contribution in [0.2, 0.25) is 0 Å². The van der Waals surface area contributed by atoms with Crippen molar-refractivity contribution < 1.29 is 4.39 Å². The lowest BCUT2D eigenvalue weighted by molar-refractivity contribution is 0.585. The summed E-state index contributed by atoms with van der Waals surface area (Å²) in [5.41, 5.74) is 1.05. The van der Waals surface area contributed by atoms with E-state index in [0.29, 0.717) is 6.42 Å². The zero-order valence-electron chi connectivity index (χ0n) is 4.95. The van der Waals surface area contributed by atoms with Crippen LogP contribution in [0, 0.1) is 0 Å². The molecule has 0 aromatic rings. The number of allylic oxidation sites excluding steroid dienone is 4. The van der Waals surface area contributed by atoms with Crippen molar-refractivity contribution in [1.29, 1.82) is 0 Å². The van der Waals surface area contributed by atoms with E-state index in [2.05, 4.69) is 0 Å². The molecule has 0 saturated heterocycles. The highest BCUT2D eigenvalue weighted by Gasteiger charge is 1.98. The van der Waals surface area contributed by atoms with Crippen LogP contribution in [0.15, 0.2) is 23.6 Å². The van der Waals surface area contributed by atoms with Gasteiger partial charge in [-0.2, -0.15) is 0 Å². The molecule has 0 aliphatic heterocycles. The van der Waals surface area contributed by atoms with Gasteiger partial charge in [-0.05, 0) is 19.4 Å². The SMILES string of the molecule is CC1=CCCC(F)=C1. The third-order valence-electron chi connectivity index (χ3n) is 1.23. The molecule has 1 aliphatic rings. The average molecular weight is 112 g/mol. The highest BCUT2D eigenvalue weighted by atomic mass is 19.1. The minimum atomic E-state index is 0.0185. The van der Waals surface area contributed by atoms with E-state index in [4.69, 9.17) is 0 Å². The molecule has 0 spiro atoms. The summed E-state index contributed by atoms with van der Waals surface area (Å²) in [5.74, 6) is 0.0185. The van der Waals surface area contributed by atoms with Gasteiger partial charge in [0.05, 0.1) is 0 Å². The number of rotatable bonds is 0. The van der Waals surface area contributed by atoms with Crippen molar-refractivity contribution in [2.45, 2.75) is 19.8 Å². The smallest absolute Gasteiger partial charge is 0.100 e. The largest absolute Gasteiger partial charge is 0.212 e. The van der Waals surface area contributed by atoms with Gasteiger partial charge in [0.25, 0.3) is 0 Å². The van der Waals surface area contributed by atoms with E-state index in [1.807, 2.05) is 13.0 Å². The summed E-state index contributed by atoms with van der Waals surface area (Å²) >= 11 is 0. The predicted octanol–water partition coefficient (Wildman–Crippen LogP) is 2.58. The molecule has 0 nitrogen and oxygen atoms in total. The van der Waals surface area contributed by atoms with Gasteiger partial charge in [0.15, 0.2) is 0 Å². The minimum absolute atomic E-state index is 0.0185. The lowest BCUT2D eigenvalue weighted by Gasteiger charge is -2.01. The fourth-order valence-electron chi connectivity index (χ4n) is 0.816. The van der Waals surface area contributed by atoms with E-state index in [0.717, 1.165) is 12.0 Å². The molecule has 0 heterocycles. The molecule has 1 heteroatoms. The van der Waals surface area contributed by atoms with E-state index >= 15 is 0 Å². The normalized spacial score (nSPS) is 19.8. The molecule has 0 fully saturated rings. The maximum Gasteiger partial charge on any atom is 0.100 e. The lowest BCUT2D eigenvalue weighted by atomic mass is 10.1. The summed E-state index contributed by atoms with van der Waals surface area (Å²) in [6.07, 6.45) is 5.10. The molecule has 0 atom stereocenters. The Hall–Kier alpha value is -0.590. The molecule has 1 rings (SSSR count). The van der Waals surface area contributed by atoms with E-state index in [9.17, 15) is 4.39 Å². The Morgan fingerprint density at radius 3 is 2.75 bits per heavy atom. The second kappa shape index (κ2) is 2.12. The van der Waals surface area contributed by atoms with Crippen LogP contribution in [-0.4, -0.2) is 0 Å². The van der Waals surface area contributed by atoms with Gasteiger partial charge < -0.3 is 0 Å². The third-order valence-corrected chi connectivity index (χ3v) is 1.23. The predicted molar refractivity (Wildman–Crippen MR) is 32.2 cm³/mol. The first-order valence-electron chi connectivity index (χ1n) is 2.82. The lowest BCUT2D eigenvalue weighted by Crippen LogP contribution is -1.83. The van der Waals surface area contributed by atoms with Crippen LogP contribution in [0.1, 0.15) is 19.8 Å². The van der Waals surface area contributed by atoms with Crippen molar-refractivity contribution in [3.63, 3.8) is 0 Å². The van der Waals surface area contributed by atoms with E-state index in [-0.39, 0.29) is 5.83 Å². The molecule has 0 radical (unpaired) electrons. The zero-order valence-corrected chi connectivity index (χ0v) is 4.95. The van der Waals surface area contributed by atoms with Crippen LogP contribution < -0.4 is 0 Å². The van der Waals surface area contributed by atoms with Crippen LogP contribution in [-0.2, 0) is 0 Å². The molecule has 0 bridgehead atoms. The Balaban J connectivity index is 2.69. The molecule has 1 aliphatic carbocycles. The Labute approximate surface area is 48.7 Å². The quantitative estimate of drug-likeness (QED) is 0.451. The second-order valence-corrected chi connectivity index (χ2v) is 2.08. The average Bonchev–Trinajstić information content (AvgIpc) is 1.64. The molecule has 0 aromatic heterocycles. The summed E-state index contributed by atoms with van der Waals surface area (Å²) in [4.78, 5) is 0. The molecule has 0 aromatic carbocycles. The van der Waals surface area contributed by atoms with Crippen molar-refractivity contribution in [3.8, 4) is 0 Å². The van der Waals surface area contributed by atoms with Crippen LogP contribution in [0.4, 0.5) is 4.39 Å². The van der Waals surface area contributed by atoms with E-state index < -0.39 is 0 Å². The van der Waals surface area contributed by atoms with Gasteiger partial charge in [0.1, 0.15) is 5.83 Å². The summed E-state index contributed by atoms with van der Waals surface area (Å²) < 4.78 is 12.3. The van der Waals surface area contributed by atoms with E-state index in [1.165, 1.54) is 0 Å². The highest BCUT2D eigenvalue weighted by molar-refractivity contribution is 5.22. The molecular formula is C7H9F. The number of hydrogen-bond acceptors (Lipinski definition) is 0. The van der Waals surface area contributed by atoms with Crippen LogP contribution in [0.5, 0.6) is 0 Å². The Morgan fingerprint density at radius 2 is 2.38 bits per heavy atom. The van der Waals surface area contributed by atoms with Crippen molar-refractivity contribution >= 4 is 0 Å². The fourth-order valence-corrected chi connectivity index (χ4v) is 0.816. The maximum atomic E-state index is 12.3. The summed E-state index contributed by atoms with van der Waals surface area (Å²) in [5, 5.41) is 0. The topological polar surface area (TPSA) is 0 Å². The Kier molecular flexibility index (Phi) is 1.47. The van der Waals surface area contributed by atoms with Gasteiger partial charge >= 0.3 is 0 Å². The first-order chi connectivity index (χ1) is 3.79. The van der Waals surface area contributed by atoms with Crippen molar-refractivity contribution in [2.24, 2.45) is 0 Å². The fraction of sp³-hybridized carbons (Fsp3) is 0.429. The summed E-state index contributed by atoms with van der Waals surface area (Å²) in [6, 6.07) is 0. The molecular weight excluding hydrogens is 103 g/mol. The first-order valence-corrected chi connectivity index (χ1v) is 2.82. The zero-order chi connectivity index (χ0) is 5.98. The van der Waals surface area contributed by atoms with Crippen LogP contribution in [0.25, 0.3) is 0 Å². The molecule has 8 heavy (non-hydrogen) atoms. The molecule has 0 unspecified atom stereocenters. The van der Waals surface area contributed by atoms with Crippen LogP contribution >= 0.6 is 0 Å². The van der Waals surface area contributed by atoms with Gasteiger partial charge in [-0.1, -0.05) is 11.6 Å². The van der Waals surface area contributed by atoms with Gasteiger partial charge in [-0.25, -0.2) is 4.39 Å². The molecule has 44 valence electrons.